The predicted molar refractivity (Wildman–Crippen MR) is 547 cm³/mol. The number of fused-ring (bicyclic) bond motifs is 10. The Kier molecular flexibility index (Phi) is 25.6. The van der Waals surface area contributed by atoms with Gasteiger partial charge in [0.05, 0.1) is 41.3 Å². The minimum Gasteiger partial charge on any atom is -0.494 e. The molecule has 2 saturated heterocycles. The third-order valence-electron chi connectivity index (χ3n) is 27.0. The van der Waals surface area contributed by atoms with E-state index in [2.05, 4.69) is 117 Å². The number of pyridine rings is 5. The molecule has 25 rings (SSSR count). The van der Waals surface area contributed by atoms with E-state index in [9.17, 15) is 32.8 Å². The van der Waals surface area contributed by atoms with E-state index in [1.165, 1.54) is 77.0 Å². The van der Waals surface area contributed by atoms with Crippen molar-refractivity contribution in [3.05, 3.63) is 340 Å². The van der Waals surface area contributed by atoms with Crippen molar-refractivity contribution in [1.82, 2.24) is 92.2 Å². The van der Waals surface area contributed by atoms with Gasteiger partial charge in [-0.25, -0.2) is 53.6 Å². The quantitative estimate of drug-likeness (QED) is 0.115. The molecule has 2 N–H and O–H groups in total. The highest BCUT2D eigenvalue weighted by Crippen LogP contribution is 2.36. The Balaban J connectivity index is 0.000000105. The highest BCUT2D eigenvalue weighted by atomic mass is 19.1. The van der Waals surface area contributed by atoms with E-state index in [-0.39, 0.29) is 39.1 Å². The normalized spacial score (nSPS) is 16.4. The fraction of sp³-hybridized carbons (Fsp3) is 0.255. The van der Waals surface area contributed by atoms with Gasteiger partial charge in [0.2, 0.25) is 0 Å². The zero-order chi connectivity index (χ0) is 97.7. The molecule has 6 aliphatic heterocycles. The van der Waals surface area contributed by atoms with Crippen LogP contribution in [0.1, 0.15) is 91.3 Å². The topological polar surface area (TPSA) is 322 Å². The van der Waals surface area contributed by atoms with E-state index in [0.29, 0.717) is 126 Å². The molecule has 19 aromatic rings. The summed E-state index contributed by atoms with van der Waals surface area (Å²) in [5.41, 5.74) is 23.9. The molecule has 2 fully saturated rings. The molecule has 5 aromatic carbocycles. The van der Waals surface area contributed by atoms with Gasteiger partial charge in [0.25, 0.3) is 27.8 Å². The molecule has 30 nitrogen and oxygen atoms in total. The van der Waals surface area contributed by atoms with Crippen molar-refractivity contribution < 1.29 is 31.2 Å². The van der Waals surface area contributed by atoms with Crippen LogP contribution in [0.25, 0.3) is 151 Å². The average Bonchev–Trinajstić information content (AvgIpc) is 1.44. The molecule has 0 aliphatic carbocycles. The molecule has 142 heavy (non-hydrogen) atoms. The number of aromatic nitrogens is 14. The van der Waals surface area contributed by atoms with Crippen molar-refractivity contribution in [2.45, 2.75) is 79.2 Å². The number of benzene rings is 5. The number of nitrogens with one attached hydrogen (secondary N) is 2. The van der Waals surface area contributed by atoms with Gasteiger partial charge in [-0.2, -0.15) is 0 Å². The molecule has 32 heteroatoms. The highest BCUT2D eigenvalue weighted by Gasteiger charge is 2.35. The van der Waals surface area contributed by atoms with Crippen molar-refractivity contribution >= 4 is 101 Å². The molecular formula is C110H102F2N20O10. The fourth-order valence-corrected chi connectivity index (χ4v) is 19.3. The number of rotatable bonds is 12. The van der Waals surface area contributed by atoms with E-state index in [1.54, 1.807) is 54.9 Å². The summed E-state index contributed by atoms with van der Waals surface area (Å²) >= 11 is 0. The molecule has 716 valence electrons. The summed E-state index contributed by atoms with van der Waals surface area (Å²) in [4.78, 5) is 113. The molecule has 2 atom stereocenters. The number of piperidine rings is 1. The Morgan fingerprint density at radius 2 is 0.775 bits per heavy atom. The average molecular weight is 1900 g/mol. The first-order valence-electron chi connectivity index (χ1n) is 47.7. The van der Waals surface area contributed by atoms with Gasteiger partial charge in [0.15, 0.2) is 63.3 Å². The molecule has 14 aromatic heterocycles. The fourth-order valence-electron chi connectivity index (χ4n) is 19.3. The van der Waals surface area contributed by atoms with Crippen molar-refractivity contribution in [1.29, 1.82) is 0 Å². The van der Waals surface area contributed by atoms with Crippen LogP contribution >= 0.6 is 0 Å². The lowest BCUT2D eigenvalue weighted by Crippen LogP contribution is -2.40. The van der Waals surface area contributed by atoms with Crippen LogP contribution in [0.2, 0.25) is 0 Å². The first kappa shape index (κ1) is 92.4. The highest BCUT2D eigenvalue weighted by molar-refractivity contribution is 5.85. The lowest BCUT2D eigenvalue weighted by Gasteiger charge is -2.25. The maximum atomic E-state index is 14.4. The third-order valence-corrected chi connectivity index (χ3v) is 27.0. The van der Waals surface area contributed by atoms with Crippen LogP contribution in [0.5, 0.6) is 5.75 Å². The van der Waals surface area contributed by atoms with E-state index in [0.717, 1.165) is 165 Å². The Labute approximate surface area is 811 Å². The molecule has 0 spiro atoms. The number of oxazole rings is 4. The number of ether oxygens (including phenoxy) is 1. The number of anilines is 1. The van der Waals surface area contributed by atoms with Gasteiger partial charge in [-0.05, 0) is 250 Å². The maximum absolute atomic E-state index is 14.4. The lowest BCUT2D eigenvalue weighted by molar-refractivity contribution is 0.318. The van der Waals surface area contributed by atoms with Crippen LogP contribution in [0.15, 0.2) is 273 Å². The van der Waals surface area contributed by atoms with Crippen molar-refractivity contribution in [3.63, 3.8) is 0 Å². The van der Waals surface area contributed by atoms with Gasteiger partial charge >= 0.3 is 0 Å². The van der Waals surface area contributed by atoms with Gasteiger partial charge in [0, 0.05) is 182 Å². The minimum atomic E-state index is -0.499. The summed E-state index contributed by atoms with van der Waals surface area (Å²) in [6.07, 6.45) is 24.6. The predicted octanol–water partition coefficient (Wildman–Crippen LogP) is 17.0. The van der Waals surface area contributed by atoms with Crippen molar-refractivity contribution in [2.75, 3.05) is 105 Å². The number of halogens is 2. The Hall–Kier alpha value is -16.0. The van der Waals surface area contributed by atoms with Crippen molar-refractivity contribution in [2.24, 2.45) is 5.92 Å². The molecule has 6 aliphatic rings. The zero-order valence-electron chi connectivity index (χ0n) is 79.7. The Bertz CT molecular complexity index is 8660. The summed E-state index contributed by atoms with van der Waals surface area (Å²) in [7, 11) is 5.62. The van der Waals surface area contributed by atoms with E-state index < -0.39 is 11.6 Å². The van der Waals surface area contributed by atoms with Crippen LogP contribution in [-0.4, -0.2) is 187 Å². The molecule has 0 radical (unpaired) electrons. The molecular weight excluding hydrogens is 1800 g/mol. The molecule has 0 unspecified atom stereocenters. The number of hydrogen-bond donors (Lipinski definition) is 2. The summed E-state index contributed by atoms with van der Waals surface area (Å²) in [6.45, 7) is 21.1. The Morgan fingerprint density at radius 1 is 0.387 bits per heavy atom. The summed E-state index contributed by atoms with van der Waals surface area (Å²) < 4.78 is 63.6. The first-order valence-corrected chi connectivity index (χ1v) is 47.7. The molecule has 20 heterocycles. The number of methoxy groups -OCH3 is 1. The van der Waals surface area contributed by atoms with E-state index >= 15 is 0 Å². The van der Waals surface area contributed by atoms with Crippen LogP contribution in [0.4, 0.5) is 14.5 Å². The van der Waals surface area contributed by atoms with E-state index in [1.807, 2.05) is 161 Å². The van der Waals surface area contributed by atoms with Gasteiger partial charge in [-0.15, -0.1) is 0 Å². The van der Waals surface area contributed by atoms with Crippen LogP contribution in [0.3, 0.4) is 0 Å². The molecule has 0 saturated carbocycles. The van der Waals surface area contributed by atoms with Crippen LogP contribution in [-0.2, 0) is 0 Å². The molecule has 0 amide bonds. The van der Waals surface area contributed by atoms with Gasteiger partial charge in [-0.1, -0.05) is 49.4 Å². The van der Waals surface area contributed by atoms with Crippen molar-refractivity contribution in [3.8, 4) is 62.0 Å². The third kappa shape index (κ3) is 19.5. The SMILES string of the molecule is CCN1CC=C(c2ccc3nc(-c4ccc5nc(C)oc5c4)cc(=O)n3c2)CC1.COc1ccc(-c2cc(=O)n3cc(N4C[C@H]5CCCN[C@H]5C4)ccc3n2)cc1F.Cc1nc2c(F)cc(-c3cc(=O)n4cc(C5=CCN(C)CC5)ccc4n3)cc2o1.Cc1nc2ccc(-c3cc(=O)n4cc(C5=CCN(C)CC5)ccc4n3)cc2o1.Cc1nc2ccc(-c3cc(=O)n4cc(C5=CCNCC5)ccc4n3)cc2o1. The largest absolute Gasteiger partial charge is 0.494 e. The summed E-state index contributed by atoms with van der Waals surface area (Å²) in [5.74, 6) is 2.10. The van der Waals surface area contributed by atoms with Gasteiger partial charge in [-0.3, -0.25) is 50.9 Å². The van der Waals surface area contributed by atoms with Crippen LogP contribution in [0, 0.1) is 45.2 Å². The second kappa shape index (κ2) is 39.4. The standard InChI is InChI=1S/C23H22N4O2.C22H19FN4O2.C22H23FN4O2.C22H20N4O2.C21H18N4O2/c1-3-26-10-8-16(9-11-26)18-5-7-22-25-20(13-23(28)27(22)14-18)17-4-6-19-21(12-17)29-15(2)24-19;1-13-24-22-17(23)9-16(10-19(22)29-13)18-11-21(28)27-12-15(3-4-20(27)25-18)14-5-7-26(2)8-6-14;1-29-20-6-4-14(9-17(20)23)18-10-22(28)27-12-16(5-7-21(27)25-18)26-11-15-3-2-8-24-19(15)13-26;1-14-23-18-5-3-16(11-20(18)28-14)19-12-22(27)26-13-17(4-6-21(26)24-19)15-7-9-25(2)10-8-15;1-13-23-17-4-2-15(10-19(17)27-13)18-11-21(26)25-12-16(3-5-20(25)24-18)14-6-8-22-9-7-14/h4-8,12-14H,3,9-11H2,1-2H3;3-5,9-12H,6-8H2,1-2H3;4-7,9-10,12,15,19,24H,2-3,8,11,13H2,1H3;3-7,11-13H,8-10H2,1-2H3;2-6,10-12,22H,7-9H2,1H3/t;;15-,19+;;/m..1../s1. The summed E-state index contributed by atoms with van der Waals surface area (Å²) in [6, 6.07) is 52.3. The van der Waals surface area contributed by atoms with Crippen LogP contribution < -0.4 is 48.1 Å². The number of aryl methyl sites for hydroxylation is 4. The second-order valence-corrected chi connectivity index (χ2v) is 36.6. The second-order valence-electron chi connectivity index (χ2n) is 36.6. The van der Waals surface area contributed by atoms with Gasteiger partial charge < -0.3 is 47.7 Å². The zero-order valence-corrected chi connectivity index (χ0v) is 79.7. The summed E-state index contributed by atoms with van der Waals surface area (Å²) in [5, 5.41) is 6.91. The Morgan fingerprint density at radius 3 is 1.18 bits per heavy atom. The number of nitrogens with zero attached hydrogens (tertiary/aromatic N) is 18. The van der Waals surface area contributed by atoms with Gasteiger partial charge in [0.1, 0.15) is 50.3 Å². The maximum Gasteiger partial charge on any atom is 0.258 e. The van der Waals surface area contributed by atoms with E-state index in [4.69, 9.17) is 32.4 Å². The minimum absolute atomic E-state index is 0.0905. The number of hydrogen-bond acceptors (Lipinski definition) is 25. The first-order chi connectivity index (χ1) is 68.9. The monoisotopic (exact) mass is 1900 g/mol. The molecule has 0 bridgehead atoms. The number of likely N-dealkylation sites (N-methyl/N-ethyl adjacent to an activating group) is 3. The lowest BCUT2D eigenvalue weighted by atomic mass is 9.94. The smallest absolute Gasteiger partial charge is 0.258 e.